The second-order valence-electron chi connectivity index (χ2n) is 5.37. The van der Waals surface area contributed by atoms with Gasteiger partial charge < -0.3 is 10.0 Å². The van der Waals surface area contributed by atoms with Gasteiger partial charge in [0.05, 0.1) is 11.4 Å². The highest BCUT2D eigenvalue weighted by molar-refractivity contribution is 5.86. The Balaban J connectivity index is 1.66. The lowest BCUT2D eigenvalue weighted by atomic mass is 10.1. The van der Waals surface area contributed by atoms with Crippen molar-refractivity contribution in [3.05, 3.63) is 42.1 Å². The first-order chi connectivity index (χ1) is 10.1. The fourth-order valence-corrected chi connectivity index (χ4v) is 2.67. The lowest BCUT2D eigenvalue weighted by Crippen LogP contribution is -2.28. The van der Waals surface area contributed by atoms with E-state index in [0.717, 1.165) is 16.5 Å². The zero-order chi connectivity index (χ0) is 14.8. The molecule has 0 aliphatic carbocycles. The largest absolute Gasteiger partial charge is 0.481 e. The van der Waals surface area contributed by atoms with Gasteiger partial charge in [-0.25, -0.2) is 0 Å². The topological polar surface area (TPSA) is 70.5 Å². The Kier molecular flexibility index (Phi) is 3.56. The van der Waals surface area contributed by atoms with E-state index in [0.29, 0.717) is 19.5 Å². The monoisotopic (exact) mass is 284 g/mol. The third-order valence-corrected chi connectivity index (χ3v) is 3.88. The molecule has 0 bridgehead atoms. The third-order valence-electron chi connectivity index (χ3n) is 3.88. The van der Waals surface area contributed by atoms with Gasteiger partial charge in [-0.2, -0.15) is 0 Å². The van der Waals surface area contributed by atoms with E-state index in [9.17, 15) is 9.59 Å². The number of nitrogens with zero attached hydrogens (tertiary/aromatic N) is 2. The van der Waals surface area contributed by atoms with E-state index < -0.39 is 11.9 Å². The van der Waals surface area contributed by atoms with Gasteiger partial charge >= 0.3 is 5.97 Å². The molecule has 1 unspecified atom stereocenters. The lowest BCUT2D eigenvalue weighted by molar-refractivity contribution is -0.141. The Morgan fingerprint density at radius 2 is 2.19 bits per heavy atom. The molecule has 2 heterocycles. The zero-order valence-corrected chi connectivity index (χ0v) is 11.5. The molecule has 1 aliphatic rings. The summed E-state index contributed by atoms with van der Waals surface area (Å²) in [6.07, 6.45) is 2.62. The Bertz CT molecular complexity index is 699. The van der Waals surface area contributed by atoms with Gasteiger partial charge in [0.15, 0.2) is 0 Å². The molecule has 3 rings (SSSR count). The summed E-state index contributed by atoms with van der Waals surface area (Å²) in [6, 6.07) is 9.95. The zero-order valence-electron chi connectivity index (χ0n) is 11.5. The number of amides is 1. The molecule has 0 saturated carbocycles. The summed E-state index contributed by atoms with van der Waals surface area (Å²) in [4.78, 5) is 28.7. The molecule has 1 atom stereocenters. The smallest absolute Gasteiger partial charge is 0.308 e. The highest BCUT2D eigenvalue weighted by Gasteiger charge is 2.33. The number of rotatable bonds is 4. The molecule has 21 heavy (non-hydrogen) atoms. The summed E-state index contributed by atoms with van der Waals surface area (Å²) >= 11 is 0. The Morgan fingerprint density at radius 1 is 1.38 bits per heavy atom. The molecule has 2 aromatic rings. The molecule has 1 aliphatic heterocycles. The molecule has 108 valence electrons. The van der Waals surface area contributed by atoms with E-state index in [1.807, 2.05) is 30.5 Å². The third kappa shape index (κ3) is 2.86. The average Bonchev–Trinajstić information content (AvgIpc) is 2.86. The van der Waals surface area contributed by atoms with Crippen LogP contribution < -0.4 is 0 Å². The Morgan fingerprint density at radius 3 is 2.95 bits per heavy atom. The summed E-state index contributed by atoms with van der Waals surface area (Å²) in [5, 5.41) is 10.0. The molecule has 1 amide bonds. The number of hydrogen-bond donors (Lipinski definition) is 1. The number of carboxylic acid groups (broad SMARTS) is 1. The second kappa shape index (κ2) is 5.52. The van der Waals surface area contributed by atoms with Crippen LogP contribution >= 0.6 is 0 Å². The van der Waals surface area contributed by atoms with E-state index in [1.54, 1.807) is 4.90 Å². The van der Waals surface area contributed by atoms with Crippen molar-refractivity contribution in [2.75, 3.05) is 13.1 Å². The number of hydrogen-bond acceptors (Lipinski definition) is 3. The van der Waals surface area contributed by atoms with Gasteiger partial charge in [-0.15, -0.1) is 0 Å². The lowest BCUT2D eigenvalue weighted by Gasteiger charge is -2.15. The fourth-order valence-electron chi connectivity index (χ4n) is 2.67. The number of likely N-dealkylation sites (tertiary alicyclic amines) is 1. The number of carbonyl (C=O) groups is 2. The van der Waals surface area contributed by atoms with Crippen molar-refractivity contribution in [2.24, 2.45) is 5.92 Å². The minimum Gasteiger partial charge on any atom is -0.481 e. The molecule has 1 N–H and O–H groups in total. The first-order valence-electron chi connectivity index (χ1n) is 6.98. The minimum absolute atomic E-state index is 0.0730. The predicted molar refractivity (Wildman–Crippen MR) is 77.8 cm³/mol. The van der Waals surface area contributed by atoms with Crippen molar-refractivity contribution in [2.45, 2.75) is 12.8 Å². The van der Waals surface area contributed by atoms with Crippen LogP contribution in [0.5, 0.6) is 0 Å². The van der Waals surface area contributed by atoms with Crippen LogP contribution in [0.2, 0.25) is 0 Å². The van der Waals surface area contributed by atoms with Crippen LogP contribution in [0.15, 0.2) is 36.5 Å². The van der Waals surface area contributed by atoms with Crippen molar-refractivity contribution < 1.29 is 14.7 Å². The van der Waals surface area contributed by atoms with Gasteiger partial charge in [-0.3, -0.25) is 14.6 Å². The van der Waals surface area contributed by atoms with E-state index in [-0.39, 0.29) is 12.3 Å². The number of carbonyl (C=O) groups excluding carboxylic acids is 1. The molecule has 1 saturated heterocycles. The van der Waals surface area contributed by atoms with Crippen LogP contribution in [0.3, 0.4) is 0 Å². The van der Waals surface area contributed by atoms with Gasteiger partial charge in [0.2, 0.25) is 5.91 Å². The average molecular weight is 284 g/mol. The van der Waals surface area contributed by atoms with Gasteiger partial charge in [0, 0.05) is 31.1 Å². The predicted octanol–water partition coefficient (Wildman–Crippen LogP) is 1.71. The first kappa shape index (κ1) is 13.5. The summed E-state index contributed by atoms with van der Waals surface area (Å²) in [5.41, 5.74) is 2.00. The van der Waals surface area contributed by atoms with Gasteiger partial charge in [0.1, 0.15) is 0 Å². The fraction of sp³-hybridized carbons (Fsp3) is 0.312. The van der Waals surface area contributed by atoms with Gasteiger partial charge in [0.25, 0.3) is 0 Å². The molecule has 0 radical (unpaired) electrons. The van der Waals surface area contributed by atoms with Crippen LogP contribution in [0.4, 0.5) is 0 Å². The number of carboxylic acids is 1. The minimum atomic E-state index is -0.891. The molecular formula is C16H16N2O3. The van der Waals surface area contributed by atoms with Gasteiger partial charge in [-0.05, 0) is 24.1 Å². The normalized spacial score (nSPS) is 18.4. The molecule has 5 nitrogen and oxygen atoms in total. The van der Waals surface area contributed by atoms with E-state index in [2.05, 4.69) is 11.1 Å². The van der Waals surface area contributed by atoms with Crippen LogP contribution in [0.25, 0.3) is 10.9 Å². The van der Waals surface area contributed by atoms with Crippen LogP contribution in [0, 0.1) is 5.92 Å². The van der Waals surface area contributed by atoms with E-state index >= 15 is 0 Å². The maximum Gasteiger partial charge on any atom is 0.308 e. The number of pyridine rings is 1. The van der Waals surface area contributed by atoms with Crippen molar-refractivity contribution in [1.82, 2.24) is 9.88 Å². The second-order valence-corrected chi connectivity index (χ2v) is 5.37. The molecule has 1 fully saturated rings. The van der Waals surface area contributed by atoms with E-state index in [4.69, 9.17) is 5.11 Å². The van der Waals surface area contributed by atoms with Crippen molar-refractivity contribution >= 4 is 22.8 Å². The van der Waals surface area contributed by atoms with Crippen molar-refractivity contribution in [3.8, 4) is 0 Å². The quantitative estimate of drug-likeness (QED) is 0.928. The van der Waals surface area contributed by atoms with Gasteiger partial charge in [-0.1, -0.05) is 18.2 Å². The Hall–Kier alpha value is -2.43. The number of benzene rings is 1. The summed E-state index contributed by atoms with van der Waals surface area (Å²) in [5.74, 6) is -1.53. The summed E-state index contributed by atoms with van der Waals surface area (Å²) < 4.78 is 0. The molecule has 1 aromatic heterocycles. The molecule has 1 aromatic carbocycles. The van der Waals surface area contributed by atoms with E-state index in [1.165, 1.54) is 0 Å². The number of aliphatic carboxylic acids is 1. The maximum absolute atomic E-state index is 11.8. The van der Waals surface area contributed by atoms with Crippen molar-refractivity contribution in [3.63, 3.8) is 0 Å². The molecular weight excluding hydrogens is 268 g/mol. The first-order valence-corrected chi connectivity index (χ1v) is 6.98. The Labute approximate surface area is 122 Å². The van der Waals surface area contributed by atoms with Crippen LogP contribution in [0.1, 0.15) is 12.0 Å². The summed E-state index contributed by atoms with van der Waals surface area (Å²) in [6.45, 7) is 0.859. The number of aromatic nitrogens is 1. The maximum atomic E-state index is 11.8. The number of fused-ring (bicyclic) bond motifs is 1. The van der Waals surface area contributed by atoms with Crippen LogP contribution in [-0.2, 0) is 16.0 Å². The summed E-state index contributed by atoms with van der Waals surface area (Å²) in [7, 11) is 0. The SMILES string of the molecule is O=C(O)C1CC(=O)N(CCc2cnc3ccccc3c2)C1. The molecule has 0 spiro atoms. The standard InChI is InChI=1S/C16H16N2O3/c19-15-8-13(16(20)21)10-18(15)6-5-11-7-12-3-1-2-4-14(12)17-9-11/h1-4,7,9,13H,5-6,8,10H2,(H,20,21). The van der Waals surface area contributed by atoms with Crippen molar-refractivity contribution in [1.29, 1.82) is 0 Å². The highest BCUT2D eigenvalue weighted by Crippen LogP contribution is 2.19. The molecule has 5 heteroatoms. The number of para-hydroxylation sites is 1. The highest BCUT2D eigenvalue weighted by atomic mass is 16.4. The van der Waals surface area contributed by atoms with Crippen LogP contribution in [-0.4, -0.2) is 40.0 Å².